The van der Waals surface area contributed by atoms with Crippen LogP contribution in [0.25, 0.3) is 0 Å². The highest BCUT2D eigenvalue weighted by molar-refractivity contribution is 7.81. The molecule has 1 rings (SSSR count). The van der Waals surface area contributed by atoms with Gasteiger partial charge in [0.15, 0.2) is 0 Å². The molecular weight excluding hydrogens is 310 g/mol. The van der Waals surface area contributed by atoms with Gasteiger partial charge in [0.25, 0.3) is 15.3 Å². The number of nitrogens with zero attached hydrogens (tertiary/aromatic N) is 1. The standard InChI is InChI=1S/C6H5NO6S.H2O4S/c8-7(9)5-1-3-6(4-2-5)13-14(10,11)12;1-5(2,3)4/h1-4H,(H-,8,9,10,11,12);(H2,1,2,3,4). The largest absolute Gasteiger partial charge is 0.716 e. The second-order valence-electron chi connectivity index (χ2n) is 2.71. The molecule has 1 aromatic carbocycles. The number of hydrogen-bond acceptors (Lipinski definition) is 7. The van der Waals surface area contributed by atoms with Crippen molar-refractivity contribution in [1.29, 1.82) is 0 Å². The fraction of sp³-hybridized carbons (Fsp3) is 0. The lowest BCUT2D eigenvalue weighted by atomic mass is 10.3. The molecule has 0 radical (unpaired) electrons. The van der Waals surface area contributed by atoms with E-state index < -0.39 is 25.7 Å². The van der Waals surface area contributed by atoms with E-state index in [-0.39, 0.29) is 11.4 Å². The SMILES string of the molecule is O=S(=O)(O)O.O=[N+](O)c1ccc(OS(=O)(=O)[O-])cc1. The lowest BCUT2D eigenvalue weighted by Crippen LogP contribution is -2.06. The quantitative estimate of drug-likeness (QED) is 0.379. The minimum atomic E-state index is -4.81. The Balaban J connectivity index is 0.000000555. The van der Waals surface area contributed by atoms with Crippen LogP contribution >= 0.6 is 0 Å². The van der Waals surface area contributed by atoms with Crippen molar-refractivity contribution < 1.29 is 44.8 Å². The Kier molecular flexibility index (Phi) is 5.79. The molecule has 0 aromatic heterocycles. The highest BCUT2D eigenvalue weighted by Crippen LogP contribution is 2.17. The van der Waals surface area contributed by atoms with Gasteiger partial charge < -0.3 is 8.74 Å². The zero-order chi connectivity index (χ0) is 15.3. The molecule has 1 aromatic rings. The fourth-order valence-electron chi connectivity index (χ4n) is 0.747. The third kappa shape index (κ3) is 11.0. The molecule has 0 unspecified atom stereocenters. The molecular formula is C6H7NO10S2. The summed E-state index contributed by atoms with van der Waals surface area (Å²) in [5.41, 5.74) is -0.111. The van der Waals surface area contributed by atoms with Gasteiger partial charge in [-0.05, 0) is 12.1 Å². The van der Waals surface area contributed by atoms with Crippen LogP contribution in [0.3, 0.4) is 0 Å². The predicted molar refractivity (Wildman–Crippen MR) is 56.0 cm³/mol. The van der Waals surface area contributed by atoms with Crippen molar-refractivity contribution >= 4 is 26.5 Å². The lowest BCUT2D eigenvalue weighted by molar-refractivity contribution is -0.729. The van der Waals surface area contributed by atoms with Gasteiger partial charge in [0.05, 0.1) is 4.91 Å². The van der Waals surface area contributed by atoms with E-state index in [0.29, 0.717) is 0 Å². The minimum Gasteiger partial charge on any atom is -0.716 e. The van der Waals surface area contributed by atoms with Crippen molar-refractivity contribution in [3.8, 4) is 5.75 Å². The average Bonchev–Trinajstić information content (AvgIpc) is 2.12. The predicted octanol–water partition coefficient (Wildman–Crippen LogP) is -0.328. The van der Waals surface area contributed by atoms with E-state index >= 15 is 0 Å². The molecule has 0 aliphatic carbocycles. The highest BCUT2D eigenvalue weighted by atomic mass is 32.3. The third-order valence-electron chi connectivity index (χ3n) is 1.26. The molecule has 0 saturated heterocycles. The molecule has 108 valence electrons. The summed E-state index contributed by atoms with van der Waals surface area (Å²) >= 11 is 0. The molecule has 0 heterocycles. The van der Waals surface area contributed by atoms with Crippen molar-refractivity contribution in [3.05, 3.63) is 29.2 Å². The Morgan fingerprint density at radius 3 is 1.68 bits per heavy atom. The normalized spacial score (nSPS) is 11.1. The van der Waals surface area contributed by atoms with Crippen LogP contribution in [0, 0.1) is 4.91 Å². The molecule has 11 nitrogen and oxygen atoms in total. The van der Waals surface area contributed by atoms with Gasteiger partial charge in [-0.3, -0.25) is 9.11 Å². The van der Waals surface area contributed by atoms with Crippen LogP contribution in [0.5, 0.6) is 5.75 Å². The number of rotatable bonds is 3. The van der Waals surface area contributed by atoms with E-state index in [9.17, 15) is 17.9 Å². The van der Waals surface area contributed by atoms with Gasteiger partial charge in [0.2, 0.25) is 0 Å². The van der Waals surface area contributed by atoms with Crippen LogP contribution in [-0.4, -0.2) is 40.6 Å². The zero-order valence-electron chi connectivity index (χ0n) is 8.77. The zero-order valence-corrected chi connectivity index (χ0v) is 10.4. The summed E-state index contributed by atoms with van der Waals surface area (Å²) in [5, 5.41) is 8.40. The summed E-state index contributed by atoms with van der Waals surface area (Å²) in [5.74, 6) is -0.231. The molecule has 0 aliphatic heterocycles. The molecule has 0 aliphatic rings. The van der Waals surface area contributed by atoms with Gasteiger partial charge in [0, 0.05) is 12.1 Å². The molecule has 0 atom stereocenters. The van der Waals surface area contributed by atoms with Crippen molar-refractivity contribution in [2.24, 2.45) is 0 Å². The lowest BCUT2D eigenvalue weighted by Gasteiger charge is -2.07. The topological polar surface area (TPSA) is 181 Å². The second kappa shape index (κ2) is 6.39. The van der Waals surface area contributed by atoms with Crippen molar-refractivity contribution in [1.82, 2.24) is 0 Å². The number of hydrogen-bond donors (Lipinski definition) is 3. The Labute approximate surface area is 107 Å². The molecule has 0 fully saturated rings. The Bertz CT molecular complexity index is 623. The average molecular weight is 317 g/mol. The Morgan fingerprint density at radius 1 is 1.05 bits per heavy atom. The Hall–Kier alpha value is -1.80. The van der Waals surface area contributed by atoms with Crippen LogP contribution in [0.2, 0.25) is 0 Å². The summed E-state index contributed by atoms with van der Waals surface area (Å²) in [4.78, 5) is 9.89. The molecule has 0 amide bonds. The summed E-state index contributed by atoms with van der Waals surface area (Å²) in [6.07, 6.45) is 0. The molecule has 0 spiro atoms. The summed E-state index contributed by atoms with van der Waals surface area (Å²) in [7, 11) is -9.48. The first-order chi connectivity index (χ1) is 8.38. The maximum absolute atomic E-state index is 10.3. The molecule has 0 bridgehead atoms. The van der Waals surface area contributed by atoms with E-state index in [1.54, 1.807) is 0 Å². The van der Waals surface area contributed by atoms with E-state index in [1.807, 2.05) is 0 Å². The highest BCUT2D eigenvalue weighted by Gasteiger charge is 2.10. The van der Waals surface area contributed by atoms with E-state index in [0.717, 1.165) is 24.3 Å². The summed E-state index contributed by atoms with van der Waals surface area (Å²) < 4.78 is 65.9. The van der Waals surface area contributed by atoms with E-state index in [2.05, 4.69) is 4.18 Å². The van der Waals surface area contributed by atoms with Crippen LogP contribution in [0.4, 0.5) is 5.69 Å². The van der Waals surface area contributed by atoms with E-state index in [1.165, 1.54) is 0 Å². The van der Waals surface area contributed by atoms with Crippen molar-refractivity contribution in [3.63, 3.8) is 0 Å². The van der Waals surface area contributed by atoms with Crippen LogP contribution < -0.4 is 4.18 Å². The van der Waals surface area contributed by atoms with Crippen LogP contribution in [0.1, 0.15) is 0 Å². The first-order valence-electron chi connectivity index (χ1n) is 4.00. The monoisotopic (exact) mass is 317 g/mol. The first-order valence-corrected chi connectivity index (χ1v) is 6.73. The molecule has 19 heavy (non-hydrogen) atoms. The smallest absolute Gasteiger partial charge is 0.394 e. The van der Waals surface area contributed by atoms with Crippen molar-refractivity contribution in [2.45, 2.75) is 0 Å². The van der Waals surface area contributed by atoms with Gasteiger partial charge in [-0.2, -0.15) is 8.42 Å². The van der Waals surface area contributed by atoms with Crippen LogP contribution in [0.15, 0.2) is 24.3 Å². The maximum Gasteiger partial charge on any atom is 0.394 e. The second-order valence-corrected chi connectivity index (χ2v) is 4.59. The summed E-state index contributed by atoms with van der Waals surface area (Å²) in [6, 6.07) is 4.30. The fourth-order valence-corrected chi connectivity index (χ4v) is 1.09. The number of benzene rings is 1. The van der Waals surface area contributed by atoms with Gasteiger partial charge in [-0.1, -0.05) is 0 Å². The molecule has 13 heteroatoms. The van der Waals surface area contributed by atoms with Gasteiger partial charge in [-0.15, -0.1) is 0 Å². The van der Waals surface area contributed by atoms with Crippen molar-refractivity contribution in [2.75, 3.05) is 0 Å². The Morgan fingerprint density at radius 2 is 1.42 bits per heavy atom. The summed E-state index contributed by atoms with van der Waals surface area (Å²) in [6.45, 7) is 0. The third-order valence-corrected chi connectivity index (χ3v) is 1.65. The van der Waals surface area contributed by atoms with Gasteiger partial charge in [-0.25, -0.2) is 13.6 Å². The molecule has 3 N–H and O–H groups in total. The first kappa shape index (κ1) is 17.2. The van der Waals surface area contributed by atoms with Gasteiger partial charge >= 0.3 is 16.1 Å². The minimum absolute atomic E-state index is 0.111. The van der Waals surface area contributed by atoms with E-state index in [4.69, 9.17) is 22.7 Å². The molecule has 0 saturated carbocycles. The van der Waals surface area contributed by atoms with Gasteiger partial charge in [0.1, 0.15) is 5.75 Å². The van der Waals surface area contributed by atoms with Crippen LogP contribution in [-0.2, 0) is 20.8 Å². The maximum atomic E-state index is 10.3.